The Kier molecular flexibility index (Phi) is 4.25. The minimum atomic E-state index is -3.45. The molecule has 1 aromatic carbocycles. The van der Waals surface area contributed by atoms with Gasteiger partial charge >= 0.3 is 0 Å². The Morgan fingerprint density at radius 3 is 2.43 bits per heavy atom. The second-order valence-corrected chi connectivity index (χ2v) is 8.01. The summed E-state index contributed by atoms with van der Waals surface area (Å²) in [4.78, 5) is 0.407. The van der Waals surface area contributed by atoms with Gasteiger partial charge in [0.05, 0.1) is 4.90 Å². The molecule has 1 fully saturated rings. The molecule has 7 heteroatoms. The molecule has 3 rings (SSSR count). The van der Waals surface area contributed by atoms with E-state index >= 15 is 0 Å². The second kappa shape index (κ2) is 6.05. The van der Waals surface area contributed by atoms with Gasteiger partial charge in [0.2, 0.25) is 21.8 Å². The van der Waals surface area contributed by atoms with Crippen LogP contribution in [0.25, 0.3) is 0 Å². The molecule has 1 saturated heterocycles. The van der Waals surface area contributed by atoms with E-state index in [-0.39, 0.29) is 5.92 Å². The fourth-order valence-corrected chi connectivity index (χ4v) is 4.72. The first-order valence-electron chi connectivity index (χ1n) is 7.75. The summed E-state index contributed by atoms with van der Waals surface area (Å²) in [6, 6.07) is 5.53. The molecule has 124 valence electrons. The maximum atomic E-state index is 12.9. The molecule has 1 aromatic heterocycles. The molecule has 0 amide bonds. The van der Waals surface area contributed by atoms with Crippen LogP contribution in [0.2, 0.25) is 0 Å². The highest BCUT2D eigenvalue weighted by Crippen LogP contribution is 2.31. The number of nitrogens with zero attached hydrogens (tertiary/aromatic N) is 3. The van der Waals surface area contributed by atoms with E-state index in [4.69, 9.17) is 4.42 Å². The van der Waals surface area contributed by atoms with Crippen LogP contribution >= 0.6 is 0 Å². The summed E-state index contributed by atoms with van der Waals surface area (Å²) < 4.78 is 32.8. The van der Waals surface area contributed by atoms with Crippen LogP contribution in [0, 0.1) is 20.8 Å². The van der Waals surface area contributed by atoms with Crippen molar-refractivity contribution >= 4 is 10.0 Å². The summed E-state index contributed by atoms with van der Waals surface area (Å²) in [6.45, 7) is 6.45. The highest BCUT2D eigenvalue weighted by atomic mass is 32.2. The predicted octanol–water partition coefficient (Wildman–Crippen LogP) is 2.56. The van der Waals surface area contributed by atoms with E-state index in [1.807, 2.05) is 26.0 Å². The van der Waals surface area contributed by atoms with Crippen molar-refractivity contribution in [3.63, 3.8) is 0 Å². The van der Waals surface area contributed by atoms with Crippen molar-refractivity contribution in [1.82, 2.24) is 14.5 Å². The van der Waals surface area contributed by atoms with Crippen molar-refractivity contribution in [2.45, 2.75) is 44.4 Å². The van der Waals surface area contributed by atoms with Crippen molar-refractivity contribution in [3.05, 3.63) is 41.1 Å². The van der Waals surface area contributed by atoms with Gasteiger partial charge in [-0.1, -0.05) is 12.1 Å². The molecule has 6 nitrogen and oxygen atoms in total. The number of benzene rings is 1. The number of piperidine rings is 1. The van der Waals surface area contributed by atoms with Crippen molar-refractivity contribution in [1.29, 1.82) is 0 Å². The third kappa shape index (κ3) is 3.16. The Balaban J connectivity index is 1.77. The maximum Gasteiger partial charge on any atom is 0.243 e. The maximum absolute atomic E-state index is 12.9. The zero-order chi connectivity index (χ0) is 16.6. The molecule has 23 heavy (non-hydrogen) atoms. The van der Waals surface area contributed by atoms with E-state index in [1.165, 1.54) is 0 Å². The van der Waals surface area contributed by atoms with Crippen molar-refractivity contribution in [3.8, 4) is 0 Å². The van der Waals surface area contributed by atoms with Gasteiger partial charge in [-0.15, -0.1) is 10.2 Å². The number of aryl methyl sites for hydroxylation is 3. The normalized spacial score (nSPS) is 17.5. The third-order valence-corrected chi connectivity index (χ3v) is 6.35. The second-order valence-electron chi connectivity index (χ2n) is 6.11. The zero-order valence-electron chi connectivity index (χ0n) is 13.6. The lowest BCUT2D eigenvalue weighted by atomic mass is 9.98. The van der Waals surface area contributed by atoms with Gasteiger partial charge in [-0.05, 0) is 43.9 Å². The predicted molar refractivity (Wildman–Crippen MR) is 85.7 cm³/mol. The van der Waals surface area contributed by atoms with Gasteiger partial charge < -0.3 is 4.42 Å². The number of rotatable bonds is 3. The minimum absolute atomic E-state index is 0.140. The fraction of sp³-hybridized carbons (Fsp3) is 0.500. The summed E-state index contributed by atoms with van der Waals surface area (Å²) in [5.74, 6) is 1.30. The molecule has 0 N–H and O–H groups in total. The zero-order valence-corrected chi connectivity index (χ0v) is 14.4. The average molecular weight is 335 g/mol. The lowest BCUT2D eigenvalue weighted by Crippen LogP contribution is -2.38. The molecule has 0 atom stereocenters. The van der Waals surface area contributed by atoms with E-state index in [0.29, 0.717) is 42.6 Å². The highest BCUT2D eigenvalue weighted by Gasteiger charge is 2.32. The van der Waals surface area contributed by atoms with Crippen molar-refractivity contribution < 1.29 is 12.8 Å². The lowest BCUT2D eigenvalue weighted by Gasteiger charge is -2.30. The Labute approximate surface area is 136 Å². The first-order valence-corrected chi connectivity index (χ1v) is 9.19. The van der Waals surface area contributed by atoms with E-state index in [1.54, 1.807) is 17.3 Å². The molecule has 2 heterocycles. The first kappa shape index (κ1) is 16.1. The number of aromatic nitrogens is 2. The Morgan fingerprint density at radius 2 is 1.83 bits per heavy atom. The van der Waals surface area contributed by atoms with E-state index < -0.39 is 10.0 Å². The Hall–Kier alpha value is -1.73. The Bertz CT molecular complexity index is 806. The van der Waals surface area contributed by atoms with Crippen LogP contribution in [0.15, 0.2) is 27.5 Å². The summed E-state index contributed by atoms with van der Waals surface area (Å²) in [6.07, 6.45) is 1.40. The summed E-state index contributed by atoms with van der Waals surface area (Å²) in [5.41, 5.74) is 1.73. The van der Waals surface area contributed by atoms with Gasteiger partial charge in [0.1, 0.15) is 0 Å². The summed E-state index contributed by atoms with van der Waals surface area (Å²) in [7, 11) is -3.45. The van der Waals surface area contributed by atoms with Gasteiger partial charge in [-0.2, -0.15) is 4.31 Å². The standard InChI is InChI=1S/C16H21N3O3S/c1-11-4-5-12(2)15(10-11)23(20,21)19-8-6-14(7-9-19)16-18-17-13(3)22-16/h4-5,10,14H,6-9H2,1-3H3. The van der Waals surface area contributed by atoms with Crippen LogP contribution in [0.4, 0.5) is 0 Å². The molecule has 0 unspecified atom stereocenters. The van der Waals surface area contributed by atoms with Gasteiger partial charge in [0, 0.05) is 25.9 Å². The van der Waals surface area contributed by atoms with Crippen molar-refractivity contribution in [2.75, 3.05) is 13.1 Å². The van der Waals surface area contributed by atoms with Crippen LogP contribution in [0.5, 0.6) is 0 Å². The topological polar surface area (TPSA) is 76.3 Å². The molecule has 0 radical (unpaired) electrons. The molecular weight excluding hydrogens is 314 g/mol. The molecule has 1 aliphatic rings. The quantitative estimate of drug-likeness (QED) is 0.861. The number of sulfonamides is 1. The van der Waals surface area contributed by atoms with Gasteiger partial charge in [-0.25, -0.2) is 8.42 Å². The fourth-order valence-electron chi connectivity index (χ4n) is 2.94. The SMILES string of the molecule is Cc1ccc(C)c(S(=O)(=O)N2CCC(c3nnc(C)o3)CC2)c1. The van der Waals surface area contributed by atoms with E-state index in [9.17, 15) is 8.42 Å². The third-order valence-electron chi connectivity index (χ3n) is 4.31. The molecular formula is C16H21N3O3S. The molecule has 2 aromatic rings. The monoisotopic (exact) mass is 335 g/mol. The molecule has 0 spiro atoms. The first-order chi connectivity index (χ1) is 10.9. The minimum Gasteiger partial charge on any atom is -0.425 e. The van der Waals surface area contributed by atoms with Gasteiger partial charge in [0.15, 0.2) is 0 Å². The Morgan fingerprint density at radius 1 is 1.13 bits per heavy atom. The van der Waals surface area contributed by atoms with Crippen LogP contribution in [0.3, 0.4) is 0 Å². The van der Waals surface area contributed by atoms with Crippen LogP contribution in [0.1, 0.15) is 41.7 Å². The van der Waals surface area contributed by atoms with Crippen molar-refractivity contribution in [2.24, 2.45) is 0 Å². The molecule has 0 aliphatic carbocycles. The molecule has 0 bridgehead atoms. The summed E-state index contributed by atoms with van der Waals surface area (Å²) in [5, 5.41) is 7.91. The molecule has 1 aliphatic heterocycles. The lowest BCUT2D eigenvalue weighted by molar-refractivity contribution is 0.287. The number of hydrogen-bond acceptors (Lipinski definition) is 5. The highest BCUT2D eigenvalue weighted by molar-refractivity contribution is 7.89. The summed E-state index contributed by atoms with van der Waals surface area (Å²) >= 11 is 0. The van der Waals surface area contributed by atoms with Crippen LogP contribution < -0.4 is 0 Å². The van der Waals surface area contributed by atoms with Crippen LogP contribution in [-0.2, 0) is 10.0 Å². The average Bonchev–Trinajstić information content (AvgIpc) is 2.96. The smallest absolute Gasteiger partial charge is 0.243 e. The molecule has 0 saturated carbocycles. The van der Waals surface area contributed by atoms with E-state index in [0.717, 1.165) is 11.1 Å². The largest absolute Gasteiger partial charge is 0.425 e. The van der Waals surface area contributed by atoms with Gasteiger partial charge in [0.25, 0.3) is 0 Å². The number of hydrogen-bond donors (Lipinski definition) is 0. The van der Waals surface area contributed by atoms with Gasteiger partial charge in [-0.3, -0.25) is 0 Å². The van der Waals surface area contributed by atoms with E-state index in [2.05, 4.69) is 10.2 Å². The van der Waals surface area contributed by atoms with Crippen LogP contribution in [-0.4, -0.2) is 36.0 Å².